The third-order valence-corrected chi connectivity index (χ3v) is 7.95. The number of carbonyl (C=O) groups excluding carboxylic acids is 2. The van der Waals surface area contributed by atoms with Crippen molar-refractivity contribution in [1.82, 2.24) is 19.7 Å². The first-order valence-electron chi connectivity index (χ1n) is 14.3. The van der Waals surface area contributed by atoms with Crippen LogP contribution in [0.4, 0.5) is 9.18 Å². The summed E-state index contributed by atoms with van der Waals surface area (Å²) in [5, 5.41) is 2.61. The van der Waals surface area contributed by atoms with Crippen molar-refractivity contribution in [3.63, 3.8) is 0 Å². The van der Waals surface area contributed by atoms with Gasteiger partial charge in [-0.1, -0.05) is 54.6 Å². The monoisotopic (exact) mass is 602 g/mol. The third-order valence-electron chi connectivity index (χ3n) is 7.12. The zero-order valence-corrected chi connectivity index (χ0v) is 25.0. The van der Waals surface area contributed by atoms with Gasteiger partial charge >= 0.3 is 6.09 Å². The molecule has 1 saturated heterocycles. The molecule has 224 valence electrons. The molecule has 0 saturated carbocycles. The number of amides is 2. The zero-order valence-electron chi connectivity index (χ0n) is 24.2. The molecule has 2 heterocycles. The van der Waals surface area contributed by atoms with Crippen LogP contribution in [0.15, 0.2) is 84.2 Å². The van der Waals surface area contributed by atoms with E-state index in [1.807, 2.05) is 54.6 Å². The van der Waals surface area contributed by atoms with E-state index in [-0.39, 0.29) is 17.8 Å². The number of piperazine rings is 1. The molecule has 4 aromatic rings. The molecule has 0 aliphatic carbocycles. The van der Waals surface area contributed by atoms with Crippen molar-refractivity contribution in [3.05, 3.63) is 117 Å². The molecule has 0 atom stereocenters. The smallest absolute Gasteiger partial charge is 0.409 e. The van der Waals surface area contributed by atoms with Gasteiger partial charge in [0, 0.05) is 44.6 Å². The van der Waals surface area contributed by atoms with Gasteiger partial charge in [0.2, 0.25) is 0 Å². The first kappa shape index (κ1) is 30.2. The summed E-state index contributed by atoms with van der Waals surface area (Å²) in [5.74, 6) is 0.388. The zero-order chi connectivity index (χ0) is 30.0. The normalized spacial score (nSPS) is 13.3. The van der Waals surface area contributed by atoms with Gasteiger partial charge in [0.15, 0.2) is 0 Å². The number of ether oxygens (including phenoxy) is 2. The fourth-order valence-electron chi connectivity index (χ4n) is 4.85. The lowest BCUT2D eigenvalue weighted by atomic mass is 10.1. The molecule has 1 fully saturated rings. The molecule has 0 radical (unpaired) electrons. The van der Waals surface area contributed by atoms with Gasteiger partial charge in [0.1, 0.15) is 28.9 Å². The minimum atomic E-state index is -0.346. The number of halogens is 1. The van der Waals surface area contributed by atoms with Crippen molar-refractivity contribution in [3.8, 4) is 5.75 Å². The van der Waals surface area contributed by atoms with Crippen LogP contribution in [0, 0.1) is 5.82 Å². The number of hydrogen-bond acceptors (Lipinski definition) is 7. The van der Waals surface area contributed by atoms with E-state index in [1.165, 1.54) is 23.5 Å². The second kappa shape index (κ2) is 14.8. The van der Waals surface area contributed by atoms with Gasteiger partial charge in [-0.25, -0.2) is 14.2 Å². The molecule has 1 aliphatic heterocycles. The predicted molar refractivity (Wildman–Crippen MR) is 163 cm³/mol. The molecule has 0 bridgehead atoms. The minimum absolute atomic E-state index is 0.137. The van der Waals surface area contributed by atoms with Crippen molar-refractivity contribution < 1.29 is 23.5 Å². The highest BCUT2D eigenvalue weighted by Crippen LogP contribution is 2.21. The summed E-state index contributed by atoms with van der Waals surface area (Å²) in [4.78, 5) is 35.4. The lowest BCUT2D eigenvalue weighted by molar-refractivity contribution is 0.0566. The topological polar surface area (TPSA) is 75.2 Å². The molecule has 8 nitrogen and oxygen atoms in total. The lowest BCUT2D eigenvalue weighted by Crippen LogP contribution is -2.50. The summed E-state index contributed by atoms with van der Waals surface area (Å²) >= 11 is 1.45. The van der Waals surface area contributed by atoms with Crippen LogP contribution >= 0.6 is 11.3 Å². The third kappa shape index (κ3) is 8.62. The molecule has 1 aromatic heterocycles. The van der Waals surface area contributed by atoms with Crippen molar-refractivity contribution in [2.75, 3.05) is 32.8 Å². The van der Waals surface area contributed by atoms with Crippen molar-refractivity contribution in [1.29, 1.82) is 0 Å². The van der Waals surface area contributed by atoms with Crippen LogP contribution < -0.4 is 4.74 Å². The van der Waals surface area contributed by atoms with E-state index in [2.05, 4.69) is 9.88 Å². The van der Waals surface area contributed by atoms with Crippen LogP contribution in [0.2, 0.25) is 0 Å². The fourth-order valence-corrected chi connectivity index (χ4v) is 5.66. The van der Waals surface area contributed by atoms with Gasteiger partial charge in [-0.3, -0.25) is 9.69 Å². The summed E-state index contributed by atoms with van der Waals surface area (Å²) in [6.07, 6.45) is -0.346. The first-order chi connectivity index (χ1) is 21.0. The van der Waals surface area contributed by atoms with E-state index < -0.39 is 0 Å². The molecule has 0 N–H and O–H groups in total. The number of thiazole rings is 1. The van der Waals surface area contributed by atoms with Crippen LogP contribution in [0.5, 0.6) is 5.75 Å². The lowest BCUT2D eigenvalue weighted by Gasteiger charge is -2.33. The number of carbonyl (C=O) groups is 2. The highest BCUT2D eigenvalue weighted by atomic mass is 32.1. The van der Waals surface area contributed by atoms with E-state index in [1.54, 1.807) is 34.2 Å². The van der Waals surface area contributed by atoms with Gasteiger partial charge in [-0.2, -0.15) is 0 Å². The Labute approximate surface area is 255 Å². The van der Waals surface area contributed by atoms with E-state index in [0.29, 0.717) is 64.7 Å². The Hall–Kier alpha value is -4.28. The minimum Gasteiger partial charge on any atom is -0.489 e. The molecular formula is C33H35FN4O4S. The highest BCUT2D eigenvalue weighted by molar-refractivity contribution is 7.09. The Bertz CT molecular complexity index is 1470. The SMILES string of the molecule is CCOC(=O)N1CCN(C(=O)c2csc(CN(Cc3ccc(F)cc3)Cc3ccc(OCc4ccccc4)cc3)n2)CC1. The van der Waals surface area contributed by atoms with E-state index in [0.717, 1.165) is 27.4 Å². The maximum atomic E-state index is 13.6. The van der Waals surface area contributed by atoms with Crippen LogP contribution in [-0.4, -0.2) is 64.5 Å². The van der Waals surface area contributed by atoms with Crippen LogP contribution in [0.1, 0.15) is 39.1 Å². The van der Waals surface area contributed by atoms with Crippen LogP contribution in [-0.2, 0) is 31.0 Å². The van der Waals surface area contributed by atoms with Gasteiger partial charge in [-0.05, 0) is 47.9 Å². The Balaban J connectivity index is 1.22. The fraction of sp³-hybridized carbons (Fsp3) is 0.303. The van der Waals surface area contributed by atoms with E-state index in [4.69, 9.17) is 9.47 Å². The van der Waals surface area contributed by atoms with Crippen LogP contribution in [0.25, 0.3) is 0 Å². The number of benzene rings is 3. The molecule has 1 aliphatic rings. The summed E-state index contributed by atoms with van der Waals surface area (Å²) in [7, 11) is 0. The Morgan fingerprint density at radius 1 is 0.837 bits per heavy atom. The molecule has 43 heavy (non-hydrogen) atoms. The second-order valence-corrected chi connectivity index (χ2v) is 11.2. The van der Waals surface area contributed by atoms with Crippen LogP contribution in [0.3, 0.4) is 0 Å². The molecular weight excluding hydrogens is 567 g/mol. The average molecular weight is 603 g/mol. The highest BCUT2D eigenvalue weighted by Gasteiger charge is 2.27. The first-order valence-corrected chi connectivity index (χ1v) is 15.2. The maximum absolute atomic E-state index is 13.6. The number of aromatic nitrogens is 1. The van der Waals surface area contributed by atoms with E-state index >= 15 is 0 Å². The van der Waals surface area contributed by atoms with Crippen molar-refractivity contribution in [2.24, 2.45) is 0 Å². The molecule has 3 aromatic carbocycles. The summed E-state index contributed by atoms with van der Waals surface area (Å²) in [6, 6.07) is 24.6. The standard InChI is InChI=1S/C33H35FN4O4S/c1-2-41-33(40)38-18-16-37(17-19-38)32(39)30-24-43-31(35-30)22-36(20-25-8-12-28(34)13-9-25)21-26-10-14-29(15-11-26)42-23-27-6-4-3-5-7-27/h3-15,24H,2,16-23H2,1H3. The van der Waals surface area contributed by atoms with Gasteiger partial charge < -0.3 is 19.3 Å². The molecule has 0 unspecified atom stereocenters. The summed E-state index contributed by atoms with van der Waals surface area (Å²) in [6.45, 7) is 6.09. The van der Waals surface area contributed by atoms with Gasteiger partial charge in [0.25, 0.3) is 5.91 Å². The molecule has 10 heteroatoms. The van der Waals surface area contributed by atoms with E-state index in [9.17, 15) is 14.0 Å². The van der Waals surface area contributed by atoms with Crippen molar-refractivity contribution in [2.45, 2.75) is 33.2 Å². The van der Waals surface area contributed by atoms with Crippen molar-refractivity contribution >= 4 is 23.3 Å². The Morgan fingerprint density at radius 2 is 1.47 bits per heavy atom. The molecule has 2 amide bonds. The predicted octanol–water partition coefficient (Wildman–Crippen LogP) is 5.98. The Kier molecular flexibility index (Phi) is 10.4. The second-order valence-electron chi connectivity index (χ2n) is 10.3. The molecule has 5 rings (SSSR count). The van der Waals surface area contributed by atoms with Gasteiger partial charge in [0.05, 0.1) is 13.2 Å². The maximum Gasteiger partial charge on any atom is 0.409 e. The summed E-state index contributed by atoms with van der Waals surface area (Å²) < 4.78 is 24.6. The largest absolute Gasteiger partial charge is 0.489 e. The average Bonchev–Trinajstić information content (AvgIpc) is 3.50. The number of hydrogen-bond donors (Lipinski definition) is 0. The molecule has 0 spiro atoms. The van der Waals surface area contributed by atoms with Gasteiger partial charge in [-0.15, -0.1) is 11.3 Å². The Morgan fingerprint density at radius 3 is 2.12 bits per heavy atom. The summed E-state index contributed by atoms with van der Waals surface area (Å²) in [5.41, 5.74) is 3.60. The number of rotatable bonds is 11. The quantitative estimate of drug-likeness (QED) is 0.210. The number of nitrogens with zero attached hydrogens (tertiary/aromatic N) is 4.